The zero-order valence-electron chi connectivity index (χ0n) is 18.0. The number of likely N-dealkylation sites (tertiary alicyclic amines) is 1. The minimum Gasteiger partial charge on any atom is -0.341 e. The second-order valence-electron chi connectivity index (χ2n) is 8.39. The highest BCUT2D eigenvalue weighted by atomic mass is 16.2. The van der Waals surface area contributed by atoms with Crippen LogP contribution in [0, 0.1) is 5.92 Å². The van der Waals surface area contributed by atoms with Gasteiger partial charge in [0.2, 0.25) is 11.8 Å². The zero-order chi connectivity index (χ0) is 21.8. The molecule has 162 valence electrons. The van der Waals surface area contributed by atoms with Gasteiger partial charge in [-0.3, -0.25) is 14.4 Å². The fraction of sp³-hybridized carbons (Fsp3) is 0.400. The molecule has 4 rings (SSSR count). The van der Waals surface area contributed by atoms with Crippen LogP contribution in [-0.4, -0.2) is 48.8 Å². The van der Waals surface area contributed by atoms with Gasteiger partial charge in [-0.2, -0.15) is 0 Å². The van der Waals surface area contributed by atoms with Gasteiger partial charge in [-0.05, 0) is 37.1 Å². The summed E-state index contributed by atoms with van der Waals surface area (Å²) in [6, 6.07) is 16.5. The van der Waals surface area contributed by atoms with Crippen molar-refractivity contribution in [1.82, 2.24) is 4.90 Å². The summed E-state index contributed by atoms with van der Waals surface area (Å²) in [4.78, 5) is 44.8. The topological polar surface area (TPSA) is 60.9 Å². The summed E-state index contributed by atoms with van der Waals surface area (Å²) in [6.45, 7) is 3.60. The first kappa shape index (κ1) is 21.1. The van der Waals surface area contributed by atoms with Crippen molar-refractivity contribution in [3.8, 4) is 0 Å². The summed E-state index contributed by atoms with van der Waals surface area (Å²) in [5.41, 5.74) is 1.85. The van der Waals surface area contributed by atoms with Crippen molar-refractivity contribution in [1.29, 1.82) is 0 Å². The molecule has 0 spiro atoms. The zero-order valence-corrected chi connectivity index (χ0v) is 18.0. The number of hydrogen-bond acceptors (Lipinski definition) is 3. The Morgan fingerprint density at radius 1 is 0.871 bits per heavy atom. The molecule has 0 saturated carbocycles. The van der Waals surface area contributed by atoms with Gasteiger partial charge in [-0.15, -0.1) is 0 Å². The van der Waals surface area contributed by atoms with Crippen LogP contribution in [-0.2, 0) is 9.59 Å². The fourth-order valence-corrected chi connectivity index (χ4v) is 4.40. The Hall–Kier alpha value is -3.15. The van der Waals surface area contributed by atoms with Crippen molar-refractivity contribution in [2.45, 2.75) is 32.6 Å². The smallest absolute Gasteiger partial charge is 0.258 e. The molecule has 1 saturated heterocycles. The molecule has 1 fully saturated rings. The molecule has 1 unspecified atom stereocenters. The molecule has 0 aromatic heterocycles. The third-order valence-corrected chi connectivity index (χ3v) is 6.13. The van der Waals surface area contributed by atoms with Crippen LogP contribution >= 0.6 is 0 Å². The Balaban J connectivity index is 1.66. The standard InChI is InChI=1S/C25H29N3O3/c1-19-17-27(25(31)20-11-5-4-6-12-20)21-13-7-8-14-22(21)28(24(19)30)18-23(29)26-15-9-2-3-10-16-26/h4-8,11-14,19H,2-3,9-10,15-18H2,1H3. The van der Waals surface area contributed by atoms with Crippen LogP contribution in [0.1, 0.15) is 43.0 Å². The highest BCUT2D eigenvalue weighted by Gasteiger charge is 2.35. The van der Waals surface area contributed by atoms with Crippen molar-refractivity contribution in [3.05, 3.63) is 60.2 Å². The lowest BCUT2D eigenvalue weighted by molar-refractivity contribution is -0.131. The van der Waals surface area contributed by atoms with Crippen molar-refractivity contribution < 1.29 is 14.4 Å². The van der Waals surface area contributed by atoms with Gasteiger partial charge in [-0.25, -0.2) is 0 Å². The molecule has 2 aliphatic rings. The molecule has 31 heavy (non-hydrogen) atoms. The number of benzene rings is 2. The van der Waals surface area contributed by atoms with E-state index < -0.39 is 5.92 Å². The molecule has 6 nitrogen and oxygen atoms in total. The molecule has 0 radical (unpaired) electrons. The molecular weight excluding hydrogens is 390 g/mol. The SMILES string of the molecule is CC1CN(C(=O)c2ccccc2)c2ccccc2N(CC(=O)N2CCCCCC2)C1=O. The molecule has 2 aromatic carbocycles. The first-order valence-electron chi connectivity index (χ1n) is 11.1. The average molecular weight is 420 g/mol. The van der Waals surface area contributed by atoms with E-state index >= 15 is 0 Å². The van der Waals surface area contributed by atoms with E-state index in [0.717, 1.165) is 38.8 Å². The van der Waals surface area contributed by atoms with Crippen LogP contribution in [0.15, 0.2) is 54.6 Å². The summed E-state index contributed by atoms with van der Waals surface area (Å²) in [5.74, 6) is -0.718. The number of carbonyl (C=O) groups is 3. The molecule has 2 aromatic rings. The minimum atomic E-state index is -0.419. The Bertz CT molecular complexity index is 951. The second kappa shape index (κ2) is 9.33. The number of hydrogen-bond donors (Lipinski definition) is 0. The number of anilines is 2. The van der Waals surface area contributed by atoms with Gasteiger partial charge in [0.05, 0.1) is 17.3 Å². The maximum Gasteiger partial charge on any atom is 0.258 e. The van der Waals surface area contributed by atoms with Gasteiger partial charge in [0.15, 0.2) is 0 Å². The summed E-state index contributed by atoms with van der Waals surface area (Å²) in [5, 5.41) is 0. The third kappa shape index (κ3) is 4.48. The van der Waals surface area contributed by atoms with Gasteiger partial charge in [0, 0.05) is 25.2 Å². The first-order chi connectivity index (χ1) is 15.1. The first-order valence-corrected chi connectivity index (χ1v) is 11.1. The second-order valence-corrected chi connectivity index (χ2v) is 8.39. The van der Waals surface area contributed by atoms with Crippen molar-refractivity contribution in [3.63, 3.8) is 0 Å². The Morgan fingerprint density at radius 2 is 1.48 bits per heavy atom. The van der Waals surface area contributed by atoms with Crippen molar-refractivity contribution in [2.24, 2.45) is 5.92 Å². The molecule has 1 atom stereocenters. The monoisotopic (exact) mass is 419 g/mol. The van der Waals surface area contributed by atoms with Gasteiger partial charge in [0.25, 0.3) is 5.91 Å². The molecule has 0 N–H and O–H groups in total. The third-order valence-electron chi connectivity index (χ3n) is 6.13. The Morgan fingerprint density at radius 3 is 2.16 bits per heavy atom. The van der Waals surface area contributed by atoms with Crippen LogP contribution in [0.4, 0.5) is 11.4 Å². The van der Waals surface area contributed by atoms with Crippen molar-refractivity contribution >= 4 is 29.1 Å². The lowest BCUT2D eigenvalue weighted by atomic mass is 10.1. The van der Waals surface area contributed by atoms with Crippen LogP contribution in [0.5, 0.6) is 0 Å². The van der Waals surface area contributed by atoms with Gasteiger partial charge in [-0.1, -0.05) is 50.1 Å². The lowest BCUT2D eigenvalue weighted by Crippen LogP contribution is -2.45. The summed E-state index contributed by atoms with van der Waals surface area (Å²) >= 11 is 0. The van der Waals surface area contributed by atoms with E-state index in [-0.39, 0.29) is 30.8 Å². The summed E-state index contributed by atoms with van der Waals surface area (Å²) < 4.78 is 0. The number of amides is 3. The summed E-state index contributed by atoms with van der Waals surface area (Å²) in [7, 11) is 0. The maximum absolute atomic E-state index is 13.3. The van der Waals surface area contributed by atoms with Gasteiger partial charge >= 0.3 is 0 Å². The summed E-state index contributed by atoms with van der Waals surface area (Å²) in [6.07, 6.45) is 4.30. The van der Waals surface area contributed by atoms with E-state index in [1.54, 1.807) is 21.9 Å². The van der Waals surface area contributed by atoms with Crippen LogP contribution in [0.3, 0.4) is 0 Å². The number of rotatable bonds is 3. The Labute approximate surface area is 183 Å². The van der Waals surface area contributed by atoms with E-state index in [1.807, 2.05) is 54.3 Å². The van der Waals surface area contributed by atoms with Crippen LogP contribution in [0.2, 0.25) is 0 Å². The van der Waals surface area contributed by atoms with E-state index in [1.165, 1.54) is 0 Å². The van der Waals surface area contributed by atoms with E-state index in [9.17, 15) is 14.4 Å². The van der Waals surface area contributed by atoms with Gasteiger partial charge in [0.1, 0.15) is 6.54 Å². The molecule has 0 aliphatic carbocycles. The van der Waals surface area contributed by atoms with E-state index in [0.29, 0.717) is 16.9 Å². The number of fused-ring (bicyclic) bond motifs is 1. The van der Waals surface area contributed by atoms with Gasteiger partial charge < -0.3 is 14.7 Å². The maximum atomic E-state index is 13.3. The molecule has 2 aliphatic heterocycles. The predicted octanol–water partition coefficient (Wildman–Crippen LogP) is 3.72. The fourth-order valence-electron chi connectivity index (χ4n) is 4.40. The predicted molar refractivity (Wildman–Crippen MR) is 121 cm³/mol. The van der Waals surface area contributed by atoms with E-state index in [4.69, 9.17) is 0 Å². The number of carbonyl (C=O) groups excluding carboxylic acids is 3. The average Bonchev–Trinajstić information content (AvgIpc) is 3.14. The largest absolute Gasteiger partial charge is 0.341 e. The number of nitrogens with zero attached hydrogens (tertiary/aromatic N) is 3. The Kier molecular flexibility index (Phi) is 6.35. The molecule has 3 amide bonds. The van der Waals surface area contributed by atoms with E-state index in [2.05, 4.69) is 0 Å². The highest BCUT2D eigenvalue weighted by Crippen LogP contribution is 2.35. The van der Waals surface area contributed by atoms with Crippen molar-refractivity contribution in [2.75, 3.05) is 36.0 Å². The molecule has 0 bridgehead atoms. The lowest BCUT2D eigenvalue weighted by Gasteiger charge is -2.28. The number of para-hydroxylation sites is 2. The highest BCUT2D eigenvalue weighted by molar-refractivity contribution is 6.12. The van der Waals surface area contributed by atoms with Crippen LogP contribution in [0.25, 0.3) is 0 Å². The minimum absolute atomic E-state index is 0.00749. The molecular formula is C25H29N3O3. The van der Waals surface area contributed by atoms with Crippen LogP contribution < -0.4 is 9.80 Å². The quantitative estimate of drug-likeness (QED) is 0.762. The molecule has 6 heteroatoms. The normalized spacial score (nSPS) is 19.5. The molecule has 2 heterocycles.